The maximum absolute atomic E-state index is 11.7. The highest BCUT2D eigenvalue weighted by Crippen LogP contribution is 2.38. The predicted molar refractivity (Wildman–Crippen MR) is 72.9 cm³/mol. The van der Waals surface area contributed by atoms with Gasteiger partial charge in [-0.25, -0.2) is 0 Å². The molecule has 2 rings (SSSR count). The number of primary amides is 1. The molecule has 1 aliphatic rings. The minimum atomic E-state index is -0.451. The third-order valence-corrected chi connectivity index (χ3v) is 4.20. The number of amides is 2. The molecule has 1 aromatic heterocycles. The van der Waals surface area contributed by atoms with Gasteiger partial charge in [-0.3, -0.25) is 9.59 Å². The molecule has 1 aliphatic carbocycles. The number of thiophene rings is 1. The highest BCUT2D eigenvalue weighted by Gasteiger charge is 2.25. The second kappa shape index (κ2) is 5.35. The number of allylic oxidation sites excluding steroid dienone is 1. The number of nitrogens with one attached hydrogen (secondary N) is 1. The zero-order chi connectivity index (χ0) is 13.1. The largest absolute Gasteiger partial charge is 0.365 e. The van der Waals surface area contributed by atoms with E-state index in [1.54, 1.807) is 6.08 Å². The van der Waals surface area contributed by atoms with Crippen molar-refractivity contribution in [1.29, 1.82) is 0 Å². The topological polar surface area (TPSA) is 72.2 Å². The molecule has 96 valence electrons. The van der Waals surface area contributed by atoms with Gasteiger partial charge in [0.15, 0.2) is 0 Å². The summed E-state index contributed by atoms with van der Waals surface area (Å²) in [6.45, 7) is 3.57. The molecule has 0 spiro atoms. The van der Waals surface area contributed by atoms with E-state index in [-0.39, 0.29) is 5.91 Å². The van der Waals surface area contributed by atoms with Gasteiger partial charge >= 0.3 is 0 Å². The Kier molecular flexibility index (Phi) is 3.81. The quantitative estimate of drug-likeness (QED) is 0.800. The van der Waals surface area contributed by atoms with Crippen LogP contribution in [-0.2, 0) is 17.6 Å². The molecule has 0 saturated heterocycles. The van der Waals surface area contributed by atoms with Gasteiger partial charge in [0, 0.05) is 11.3 Å². The Labute approximate surface area is 110 Å². The number of rotatable bonds is 5. The SMILES string of the molecule is C=CCCC(=O)Nc1sc2c(c1C(N)=O)CCC2. The summed E-state index contributed by atoms with van der Waals surface area (Å²) in [5, 5.41) is 3.40. The van der Waals surface area contributed by atoms with Crippen molar-refractivity contribution < 1.29 is 9.59 Å². The zero-order valence-corrected chi connectivity index (χ0v) is 10.9. The van der Waals surface area contributed by atoms with Crippen LogP contribution in [0.5, 0.6) is 0 Å². The first-order chi connectivity index (χ1) is 8.63. The fourth-order valence-electron chi connectivity index (χ4n) is 2.18. The van der Waals surface area contributed by atoms with Gasteiger partial charge in [0.05, 0.1) is 5.56 Å². The summed E-state index contributed by atoms with van der Waals surface area (Å²) in [6.07, 6.45) is 5.62. The van der Waals surface area contributed by atoms with Crippen LogP contribution in [0.25, 0.3) is 0 Å². The van der Waals surface area contributed by atoms with Crippen LogP contribution in [0.4, 0.5) is 5.00 Å². The van der Waals surface area contributed by atoms with Crippen LogP contribution in [0.15, 0.2) is 12.7 Å². The summed E-state index contributed by atoms with van der Waals surface area (Å²) in [5.41, 5.74) is 6.96. The fraction of sp³-hybridized carbons (Fsp3) is 0.385. The van der Waals surface area contributed by atoms with E-state index in [4.69, 9.17) is 5.73 Å². The van der Waals surface area contributed by atoms with E-state index < -0.39 is 5.91 Å². The summed E-state index contributed by atoms with van der Waals surface area (Å²) in [6, 6.07) is 0. The van der Waals surface area contributed by atoms with Gasteiger partial charge < -0.3 is 11.1 Å². The Morgan fingerprint density at radius 1 is 1.44 bits per heavy atom. The summed E-state index contributed by atoms with van der Waals surface area (Å²) in [5.74, 6) is -0.550. The van der Waals surface area contributed by atoms with Crippen LogP contribution < -0.4 is 11.1 Å². The van der Waals surface area contributed by atoms with Crippen LogP contribution in [0.1, 0.15) is 40.1 Å². The van der Waals surface area contributed by atoms with Crippen LogP contribution >= 0.6 is 11.3 Å². The monoisotopic (exact) mass is 264 g/mol. The summed E-state index contributed by atoms with van der Waals surface area (Å²) in [4.78, 5) is 24.4. The lowest BCUT2D eigenvalue weighted by Gasteiger charge is -2.04. The molecular formula is C13H16N2O2S. The first-order valence-corrected chi connectivity index (χ1v) is 6.80. The number of hydrogen-bond acceptors (Lipinski definition) is 3. The lowest BCUT2D eigenvalue weighted by atomic mass is 10.1. The van der Waals surface area contributed by atoms with Crippen LogP contribution in [0.2, 0.25) is 0 Å². The summed E-state index contributed by atoms with van der Waals surface area (Å²) in [7, 11) is 0. The van der Waals surface area contributed by atoms with Crippen molar-refractivity contribution in [3.05, 3.63) is 28.7 Å². The molecule has 18 heavy (non-hydrogen) atoms. The van der Waals surface area contributed by atoms with E-state index in [1.807, 2.05) is 0 Å². The molecule has 0 bridgehead atoms. The van der Waals surface area contributed by atoms with Gasteiger partial charge in [0.1, 0.15) is 5.00 Å². The lowest BCUT2D eigenvalue weighted by Crippen LogP contribution is -2.17. The molecule has 1 aromatic rings. The van der Waals surface area contributed by atoms with Crippen LogP contribution in [0.3, 0.4) is 0 Å². The molecule has 0 aliphatic heterocycles. The van der Waals surface area contributed by atoms with Crippen molar-refractivity contribution in [2.45, 2.75) is 32.1 Å². The van der Waals surface area contributed by atoms with E-state index in [0.29, 0.717) is 23.4 Å². The Bertz CT molecular complexity index is 505. The lowest BCUT2D eigenvalue weighted by molar-refractivity contribution is -0.116. The molecular weight excluding hydrogens is 248 g/mol. The van der Waals surface area contributed by atoms with Crippen molar-refractivity contribution in [2.24, 2.45) is 5.73 Å². The molecule has 5 heteroatoms. The smallest absolute Gasteiger partial charge is 0.251 e. The minimum Gasteiger partial charge on any atom is -0.365 e. The molecule has 0 atom stereocenters. The molecule has 3 N–H and O–H groups in total. The van der Waals surface area contributed by atoms with Crippen LogP contribution in [0, 0.1) is 0 Å². The summed E-state index contributed by atoms with van der Waals surface area (Å²) >= 11 is 1.48. The van der Waals surface area contributed by atoms with Gasteiger partial charge in [0.2, 0.25) is 5.91 Å². The number of carbonyl (C=O) groups is 2. The second-order valence-corrected chi connectivity index (χ2v) is 5.41. The van der Waals surface area contributed by atoms with Gasteiger partial charge in [-0.2, -0.15) is 0 Å². The van der Waals surface area contributed by atoms with Crippen molar-refractivity contribution in [3.8, 4) is 0 Å². The molecule has 4 nitrogen and oxygen atoms in total. The average Bonchev–Trinajstić information content (AvgIpc) is 2.85. The molecule has 0 saturated carbocycles. The summed E-state index contributed by atoms with van der Waals surface area (Å²) < 4.78 is 0. The predicted octanol–water partition coefficient (Wildman–Crippen LogP) is 2.24. The number of carbonyl (C=O) groups excluding carboxylic acids is 2. The maximum Gasteiger partial charge on any atom is 0.251 e. The number of nitrogens with two attached hydrogens (primary N) is 1. The zero-order valence-electron chi connectivity index (χ0n) is 10.1. The van der Waals surface area contributed by atoms with Crippen molar-refractivity contribution in [3.63, 3.8) is 0 Å². The molecule has 0 radical (unpaired) electrons. The average molecular weight is 264 g/mol. The van der Waals surface area contributed by atoms with Gasteiger partial charge in [-0.05, 0) is 31.2 Å². The van der Waals surface area contributed by atoms with E-state index >= 15 is 0 Å². The number of fused-ring (bicyclic) bond motifs is 1. The Morgan fingerprint density at radius 2 is 2.22 bits per heavy atom. The Hall–Kier alpha value is -1.62. The molecule has 0 unspecified atom stereocenters. The third-order valence-electron chi connectivity index (χ3n) is 3.00. The number of hydrogen-bond donors (Lipinski definition) is 2. The van der Waals surface area contributed by atoms with E-state index in [1.165, 1.54) is 16.2 Å². The van der Waals surface area contributed by atoms with Gasteiger partial charge in [0.25, 0.3) is 5.91 Å². The fourth-order valence-corrected chi connectivity index (χ4v) is 3.49. The maximum atomic E-state index is 11.7. The normalized spacial score (nSPS) is 13.1. The second-order valence-electron chi connectivity index (χ2n) is 4.30. The van der Waals surface area contributed by atoms with Crippen molar-refractivity contribution >= 4 is 28.2 Å². The third kappa shape index (κ3) is 2.46. The van der Waals surface area contributed by atoms with E-state index in [0.717, 1.165) is 24.8 Å². The standard InChI is InChI=1S/C13H16N2O2S/c1-2-3-7-10(16)15-13-11(12(14)17)8-5-4-6-9(8)18-13/h2H,1,3-7H2,(H2,14,17)(H,15,16). The van der Waals surface area contributed by atoms with Crippen molar-refractivity contribution in [2.75, 3.05) is 5.32 Å². The van der Waals surface area contributed by atoms with Gasteiger partial charge in [-0.1, -0.05) is 6.08 Å². The first kappa shape index (κ1) is 12.8. The molecule has 1 heterocycles. The first-order valence-electron chi connectivity index (χ1n) is 5.98. The number of aryl methyl sites for hydroxylation is 1. The molecule has 0 fully saturated rings. The van der Waals surface area contributed by atoms with Crippen LogP contribution in [-0.4, -0.2) is 11.8 Å². The highest BCUT2D eigenvalue weighted by molar-refractivity contribution is 7.17. The Morgan fingerprint density at radius 3 is 2.89 bits per heavy atom. The number of anilines is 1. The van der Waals surface area contributed by atoms with Gasteiger partial charge in [-0.15, -0.1) is 17.9 Å². The molecule has 0 aromatic carbocycles. The highest BCUT2D eigenvalue weighted by atomic mass is 32.1. The van der Waals surface area contributed by atoms with E-state index in [9.17, 15) is 9.59 Å². The molecule has 2 amide bonds. The van der Waals surface area contributed by atoms with Crippen molar-refractivity contribution in [1.82, 2.24) is 0 Å². The van der Waals surface area contributed by atoms with E-state index in [2.05, 4.69) is 11.9 Å². The minimum absolute atomic E-state index is 0.0997. The Balaban J connectivity index is 2.20.